The second-order valence-electron chi connectivity index (χ2n) is 4.82. The Morgan fingerprint density at radius 2 is 2.08 bits per heavy atom. The molecule has 1 amide bonds. The molecule has 0 aromatic rings. The number of hydrogen-bond donors (Lipinski definition) is 2. The Labute approximate surface area is 80.1 Å². The Morgan fingerprint density at radius 3 is 2.38 bits per heavy atom. The van der Waals surface area contributed by atoms with Gasteiger partial charge in [-0.3, -0.25) is 4.79 Å². The van der Waals surface area contributed by atoms with E-state index in [1.807, 2.05) is 6.92 Å². The number of nitrogens with two attached hydrogens (primary N) is 1. The first-order chi connectivity index (χ1) is 5.92. The highest BCUT2D eigenvalue weighted by Gasteiger charge is 2.46. The maximum atomic E-state index is 11.4. The highest BCUT2D eigenvalue weighted by atomic mass is 16.1. The van der Waals surface area contributed by atoms with Crippen LogP contribution in [-0.4, -0.2) is 18.0 Å². The number of carbonyl (C=O) groups excluding carboxylic acids is 1. The van der Waals surface area contributed by atoms with E-state index < -0.39 is 5.54 Å². The second kappa shape index (κ2) is 3.29. The third-order valence-corrected chi connectivity index (χ3v) is 3.00. The lowest BCUT2D eigenvalue weighted by molar-refractivity contribution is -0.124. The predicted molar refractivity (Wildman–Crippen MR) is 53.2 cm³/mol. The van der Waals surface area contributed by atoms with Crippen LogP contribution in [0.25, 0.3) is 0 Å². The number of primary amides is 1. The maximum absolute atomic E-state index is 11.4. The molecule has 3 nitrogen and oxygen atoms in total. The smallest absolute Gasteiger partial charge is 0.237 e. The van der Waals surface area contributed by atoms with Crippen molar-refractivity contribution in [1.82, 2.24) is 5.32 Å². The fourth-order valence-electron chi connectivity index (χ4n) is 2.33. The SMILES string of the molecule is CCNC1(C(N)=O)CCC(C)(C)C1. The summed E-state index contributed by atoms with van der Waals surface area (Å²) in [5.74, 6) is -0.195. The van der Waals surface area contributed by atoms with Crippen LogP contribution in [0, 0.1) is 5.41 Å². The van der Waals surface area contributed by atoms with Crippen LogP contribution >= 0.6 is 0 Å². The van der Waals surface area contributed by atoms with Crippen molar-refractivity contribution in [3.8, 4) is 0 Å². The van der Waals surface area contributed by atoms with Gasteiger partial charge in [0.15, 0.2) is 0 Å². The molecule has 0 aromatic carbocycles. The Morgan fingerprint density at radius 1 is 1.46 bits per heavy atom. The zero-order valence-electron chi connectivity index (χ0n) is 8.81. The van der Waals surface area contributed by atoms with Gasteiger partial charge in [-0.25, -0.2) is 0 Å². The molecule has 76 valence electrons. The van der Waals surface area contributed by atoms with E-state index in [1.165, 1.54) is 0 Å². The second-order valence-corrected chi connectivity index (χ2v) is 4.82. The topological polar surface area (TPSA) is 55.1 Å². The summed E-state index contributed by atoms with van der Waals surface area (Å²) in [5.41, 5.74) is 5.25. The van der Waals surface area contributed by atoms with E-state index in [0.717, 1.165) is 25.8 Å². The largest absolute Gasteiger partial charge is 0.368 e. The van der Waals surface area contributed by atoms with Gasteiger partial charge in [-0.05, 0) is 31.2 Å². The zero-order valence-corrected chi connectivity index (χ0v) is 8.81. The molecule has 0 spiro atoms. The van der Waals surface area contributed by atoms with Crippen LogP contribution < -0.4 is 11.1 Å². The van der Waals surface area contributed by atoms with Gasteiger partial charge in [0.05, 0.1) is 5.54 Å². The molecule has 0 saturated heterocycles. The van der Waals surface area contributed by atoms with Crippen LogP contribution in [0.1, 0.15) is 40.0 Å². The third kappa shape index (κ3) is 2.02. The van der Waals surface area contributed by atoms with Crippen molar-refractivity contribution in [3.63, 3.8) is 0 Å². The number of nitrogens with one attached hydrogen (secondary N) is 1. The summed E-state index contributed by atoms with van der Waals surface area (Å²) in [6.45, 7) is 7.19. The number of likely N-dealkylation sites (N-methyl/N-ethyl adjacent to an activating group) is 1. The van der Waals surface area contributed by atoms with E-state index in [-0.39, 0.29) is 11.3 Å². The molecule has 3 heteroatoms. The van der Waals surface area contributed by atoms with Gasteiger partial charge in [0.25, 0.3) is 0 Å². The van der Waals surface area contributed by atoms with Crippen LogP contribution in [-0.2, 0) is 4.79 Å². The maximum Gasteiger partial charge on any atom is 0.237 e. The fourth-order valence-corrected chi connectivity index (χ4v) is 2.33. The molecular weight excluding hydrogens is 164 g/mol. The average Bonchev–Trinajstić information content (AvgIpc) is 2.28. The summed E-state index contributed by atoms with van der Waals surface area (Å²) in [6, 6.07) is 0. The van der Waals surface area contributed by atoms with Gasteiger partial charge in [0, 0.05) is 0 Å². The molecule has 0 aliphatic heterocycles. The Balaban J connectivity index is 2.77. The van der Waals surface area contributed by atoms with Crippen LogP contribution in [0.4, 0.5) is 0 Å². The molecule has 1 atom stereocenters. The van der Waals surface area contributed by atoms with Crippen molar-refractivity contribution in [2.24, 2.45) is 11.1 Å². The molecule has 1 rings (SSSR count). The third-order valence-electron chi connectivity index (χ3n) is 3.00. The van der Waals surface area contributed by atoms with Crippen molar-refractivity contribution in [2.75, 3.05) is 6.54 Å². The number of rotatable bonds is 3. The molecule has 3 N–H and O–H groups in total. The summed E-state index contributed by atoms with van der Waals surface area (Å²) in [4.78, 5) is 11.4. The van der Waals surface area contributed by atoms with Crippen LogP contribution in [0.5, 0.6) is 0 Å². The van der Waals surface area contributed by atoms with Crippen molar-refractivity contribution < 1.29 is 4.79 Å². The highest BCUT2D eigenvalue weighted by molar-refractivity contribution is 5.85. The zero-order chi connectivity index (χ0) is 10.1. The lowest BCUT2D eigenvalue weighted by atomic mass is 9.87. The molecule has 1 unspecified atom stereocenters. The average molecular weight is 184 g/mol. The van der Waals surface area contributed by atoms with Gasteiger partial charge in [-0.15, -0.1) is 0 Å². The van der Waals surface area contributed by atoms with Crippen molar-refractivity contribution >= 4 is 5.91 Å². The highest BCUT2D eigenvalue weighted by Crippen LogP contribution is 2.43. The molecule has 13 heavy (non-hydrogen) atoms. The van der Waals surface area contributed by atoms with Gasteiger partial charge in [-0.2, -0.15) is 0 Å². The van der Waals surface area contributed by atoms with Gasteiger partial charge in [0.2, 0.25) is 5.91 Å². The summed E-state index contributed by atoms with van der Waals surface area (Å²) < 4.78 is 0. The molecule has 1 fully saturated rings. The minimum absolute atomic E-state index is 0.195. The van der Waals surface area contributed by atoms with Gasteiger partial charge >= 0.3 is 0 Å². The Bertz CT molecular complexity index is 213. The molecular formula is C10H20N2O. The van der Waals surface area contributed by atoms with E-state index in [2.05, 4.69) is 19.2 Å². The monoisotopic (exact) mass is 184 g/mol. The minimum Gasteiger partial charge on any atom is -0.368 e. The molecule has 0 aromatic heterocycles. The fraction of sp³-hybridized carbons (Fsp3) is 0.900. The minimum atomic E-state index is -0.432. The summed E-state index contributed by atoms with van der Waals surface area (Å²) in [5, 5.41) is 3.24. The molecule has 1 saturated carbocycles. The van der Waals surface area contributed by atoms with Crippen LogP contribution in [0.2, 0.25) is 0 Å². The van der Waals surface area contributed by atoms with E-state index in [1.54, 1.807) is 0 Å². The lowest BCUT2D eigenvalue weighted by Gasteiger charge is -2.28. The van der Waals surface area contributed by atoms with Crippen LogP contribution in [0.3, 0.4) is 0 Å². The summed E-state index contributed by atoms with van der Waals surface area (Å²) in [6.07, 6.45) is 2.81. The molecule has 0 bridgehead atoms. The van der Waals surface area contributed by atoms with E-state index in [4.69, 9.17) is 5.73 Å². The Hall–Kier alpha value is -0.570. The van der Waals surface area contributed by atoms with Gasteiger partial charge in [0.1, 0.15) is 0 Å². The standard InChI is InChI=1S/C10H20N2O/c1-4-12-10(8(11)13)6-5-9(2,3)7-10/h12H,4-7H2,1-3H3,(H2,11,13). The van der Waals surface area contributed by atoms with E-state index in [9.17, 15) is 4.79 Å². The van der Waals surface area contributed by atoms with Crippen molar-refractivity contribution in [1.29, 1.82) is 0 Å². The number of amides is 1. The van der Waals surface area contributed by atoms with Gasteiger partial charge in [-0.1, -0.05) is 20.8 Å². The van der Waals surface area contributed by atoms with Crippen molar-refractivity contribution in [2.45, 2.75) is 45.6 Å². The summed E-state index contributed by atoms with van der Waals surface area (Å²) in [7, 11) is 0. The molecule has 0 heterocycles. The first kappa shape index (κ1) is 10.5. The summed E-state index contributed by atoms with van der Waals surface area (Å²) >= 11 is 0. The van der Waals surface area contributed by atoms with Crippen molar-refractivity contribution in [3.05, 3.63) is 0 Å². The predicted octanol–water partition coefficient (Wildman–Crippen LogP) is 1.03. The van der Waals surface area contributed by atoms with E-state index >= 15 is 0 Å². The molecule has 1 aliphatic carbocycles. The number of carbonyl (C=O) groups is 1. The Kier molecular flexibility index (Phi) is 2.66. The van der Waals surface area contributed by atoms with Crippen LogP contribution in [0.15, 0.2) is 0 Å². The van der Waals surface area contributed by atoms with E-state index in [0.29, 0.717) is 0 Å². The van der Waals surface area contributed by atoms with Gasteiger partial charge < -0.3 is 11.1 Å². The molecule has 0 radical (unpaired) electrons. The first-order valence-corrected chi connectivity index (χ1v) is 4.97. The first-order valence-electron chi connectivity index (χ1n) is 4.97. The normalized spacial score (nSPS) is 31.9. The molecule has 1 aliphatic rings. The quantitative estimate of drug-likeness (QED) is 0.688. The number of hydrogen-bond acceptors (Lipinski definition) is 2. The lowest BCUT2D eigenvalue weighted by Crippen LogP contribution is -2.54.